The van der Waals surface area contributed by atoms with E-state index >= 15 is 0 Å². The molecule has 0 spiro atoms. The van der Waals surface area contributed by atoms with Crippen molar-refractivity contribution in [1.82, 2.24) is 9.97 Å². The molecule has 0 radical (unpaired) electrons. The van der Waals surface area contributed by atoms with Gasteiger partial charge in [-0.25, -0.2) is 9.97 Å². The van der Waals surface area contributed by atoms with Crippen LogP contribution in [0.25, 0.3) is 10.2 Å². The number of anilines is 1. The Hall–Kier alpha value is -2.38. The van der Waals surface area contributed by atoms with Crippen LogP contribution in [0.1, 0.15) is 36.0 Å². The maximum atomic E-state index is 12.0. The molecule has 28 heavy (non-hydrogen) atoms. The number of nitrogens with zero attached hydrogens (tertiary/aromatic N) is 2. The van der Waals surface area contributed by atoms with Crippen LogP contribution in [0.15, 0.2) is 24.3 Å². The molecule has 3 aromatic rings. The van der Waals surface area contributed by atoms with E-state index in [1.165, 1.54) is 12.0 Å². The van der Waals surface area contributed by atoms with Crippen LogP contribution < -0.4 is 10.1 Å². The van der Waals surface area contributed by atoms with Gasteiger partial charge in [-0.15, -0.1) is 11.3 Å². The van der Waals surface area contributed by atoms with Gasteiger partial charge in [0.05, 0.1) is 24.6 Å². The van der Waals surface area contributed by atoms with Gasteiger partial charge in [-0.3, -0.25) is 4.79 Å². The SMILES string of the molecule is CCc1cc2c(NCc3ccc(OC)c(Cl)c3)nc(C(C)C(=O)OC)nc2s1. The molecule has 0 aliphatic heterocycles. The van der Waals surface area contributed by atoms with E-state index in [-0.39, 0.29) is 5.97 Å². The summed E-state index contributed by atoms with van der Waals surface area (Å²) in [6, 6.07) is 7.73. The minimum Gasteiger partial charge on any atom is -0.495 e. The number of fused-ring (bicyclic) bond motifs is 1. The first-order valence-electron chi connectivity index (χ1n) is 8.91. The molecule has 2 heterocycles. The van der Waals surface area contributed by atoms with E-state index in [9.17, 15) is 4.79 Å². The second-order valence-electron chi connectivity index (χ2n) is 6.28. The minimum atomic E-state index is -0.544. The van der Waals surface area contributed by atoms with Gasteiger partial charge in [0.2, 0.25) is 0 Å². The first kappa shape index (κ1) is 20.4. The Morgan fingerprint density at radius 1 is 1.29 bits per heavy atom. The maximum Gasteiger partial charge on any atom is 0.316 e. The number of hydrogen-bond donors (Lipinski definition) is 1. The van der Waals surface area contributed by atoms with Crippen molar-refractivity contribution in [2.24, 2.45) is 0 Å². The quantitative estimate of drug-likeness (QED) is 0.554. The summed E-state index contributed by atoms with van der Waals surface area (Å²) < 4.78 is 10.0. The standard InChI is InChI=1S/C20H22ClN3O3S/c1-5-13-9-14-18(22-10-12-6-7-16(26-3)15(21)8-12)23-17(24-19(14)28-13)11(2)20(25)27-4/h6-9,11H,5,10H2,1-4H3,(H,22,23,24). The summed E-state index contributed by atoms with van der Waals surface area (Å²) in [7, 11) is 2.95. The molecule has 1 aromatic carbocycles. The van der Waals surface area contributed by atoms with E-state index in [4.69, 9.17) is 21.1 Å². The molecule has 8 heteroatoms. The molecule has 0 fully saturated rings. The summed E-state index contributed by atoms with van der Waals surface area (Å²) in [6.07, 6.45) is 0.913. The molecule has 2 aromatic heterocycles. The van der Waals surface area contributed by atoms with Crippen LogP contribution in [0.4, 0.5) is 5.82 Å². The Morgan fingerprint density at radius 2 is 2.07 bits per heavy atom. The summed E-state index contributed by atoms with van der Waals surface area (Å²) >= 11 is 7.83. The highest BCUT2D eigenvalue weighted by Crippen LogP contribution is 2.32. The number of rotatable bonds is 7. The second-order valence-corrected chi connectivity index (χ2v) is 7.81. The summed E-state index contributed by atoms with van der Waals surface area (Å²) in [5, 5.41) is 4.86. The fraction of sp³-hybridized carbons (Fsp3) is 0.350. The van der Waals surface area contributed by atoms with Crippen LogP contribution in [-0.4, -0.2) is 30.2 Å². The highest BCUT2D eigenvalue weighted by molar-refractivity contribution is 7.18. The molecule has 0 saturated heterocycles. The van der Waals surface area contributed by atoms with Crippen molar-refractivity contribution in [3.05, 3.63) is 45.6 Å². The zero-order valence-electron chi connectivity index (χ0n) is 16.2. The second kappa shape index (κ2) is 8.75. The summed E-state index contributed by atoms with van der Waals surface area (Å²) in [5.41, 5.74) is 0.992. The monoisotopic (exact) mass is 419 g/mol. The third kappa shape index (κ3) is 4.20. The molecule has 3 rings (SSSR count). The average molecular weight is 420 g/mol. The van der Waals surface area contributed by atoms with Crippen LogP contribution >= 0.6 is 22.9 Å². The molecule has 1 N–H and O–H groups in total. The van der Waals surface area contributed by atoms with Crippen molar-refractivity contribution < 1.29 is 14.3 Å². The Bertz CT molecular complexity index is 1010. The van der Waals surface area contributed by atoms with Crippen molar-refractivity contribution in [2.45, 2.75) is 32.7 Å². The van der Waals surface area contributed by atoms with E-state index in [0.29, 0.717) is 29.0 Å². The van der Waals surface area contributed by atoms with Crippen molar-refractivity contribution >= 4 is 44.9 Å². The lowest BCUT2D eigenvalue weighted by Gasteiger charge is -2.12. The summed E-state index contributed by atoms with van der Waals surface area (Å²) in [4.78, 5) is 23.2. The number of halogens is 1. The number of nitrogens with one attached hydrogen (secondary N) is 1. The van der Waals surface area contributed by atoms with Crippen LogP contribution in [0, 0.1) is 0 Å². The lowest BCUT2D eigenvalue weighted by Crippen LogP contribution is -2.15. The number of aryl methyl sites for hydroxylation is 1. The first-order chi connectivity index (χ1) is 13.5. The van der Waals surface area contributed by atoms with Gasteiger partial charge in [0.15, 0.2) is 0 Å². The van der Waals surface area contributed by atoms with E-state index in [1.54, 1.807) is 25.4 Å². The number of benzene rings is 1. The van der Waals surface area contributed by atoms with E-state index < -0.39 is 5.92 Å². The number of carbonyl (C=O) groups is 1. The predicted octanol–water partition coefficient (Wildman–Crippen LogP) is 4.80. The number of esters is 1. The fourth-order valence-electron chi connectivity index (χ4n) is 2.78. The van der Waals surface area contributed by atoms with E-state index in [0.717, 1.165) is 22.2 Å². The highest BCUT2D eigenvalue weighted by Gasteiger charge is 2.21. The molecule has 0 aliphatic carbocycles. The highest BCUT2D eigenvalue weighted by atomic mass is 35.5. The summed E-state index contributed by atoms with van der Waals surface area (Å²) in [6.45, 7) is 4.37. The topological polar surface area (TPSA) is 73.3 Å². The average Bonchev–Trinajstić information content (AvgIpc) is 3.14. The van der Waals surface area contributed by atoms with Crippen LogP contribution in [0.5, 0.6) is 5.75 Å². The Kier molecular flexibility index (Phi) is 6.36. The Labute approximate surface area is 172 Å². The van der Waals surface area contributed by atoms with E-state index in [2.05, 4.69) is 28.3 Å². The number of methoxy groups -OCH3 is 2. The smallest absolute Gasteiger partial charge is 0.316 e. The van der Waals surface area contributed by atoms with Gasteiger partial charge in [0, 0.05) is 11.4 Å². The zero-order chi connectivity index (χ0) is 20.3. The van der Waals surface area contributed by atoms with Gasteiger partial charge < -0.3 is 14.8 Å². The van der Waals surface area contributed by atoms with Gasteiger partial charge in [0.25, 0.3) is 0 Å². The third-order valence-corrected chi connectivity index (χ3v) is 5.90. The molecule has 148 valence electrons. The number of aromatic nitrogens is 2. The molecule has 1 atom stereocenters. The van der Waals surface area contributed by atoms with Gasteiger partial charge >= 0.3 is 5.97 Å². The predicted molar refractivity (Wildman–Crippen MR) is 113 cm³/mol. The molecule has 0 saturated carbocycles. The largest absolute Gasteiger partial charge is 0.495 e. The Balaban J connectivity index is 1.94. The zero-order valence-corrected chi connectivity index (χ0v) is 17.8. The number of thiophene rings is 1. The molecule has 0 bridgehead atoms. The van der Waals surface area contributed by atoms with Crippen molar-refractivity contribution in [2.75, 3.05) is 19.5 Å². The van der Waals surface area contributed by atoms with Gasteiger partial charge in [0.1, 0.15) is 28.1 Å². The van der Waals surface area contributed by atoms with Crippen LogP contribution in [0.2, 0.25) is 5.02 Å². The molecule has 0 amide bonds. The lowest BCUT2D eigenvalue weighted by atomic mass is 10.1. The van der Waals surface area contributed by atoms with Gasteiger partial charge in [-0.1, -0.05) is 24.6 Å². The molecule has 1 unspecified atom stereocenters. The van der Waals surface area contributed by atoms with Crippen molar-refractivity contribution in [3.63, 3.8) is 0 Å². The summed E-state index contributed by atoms with van der Waals surface area (Å²) in [5.74, 6) is 0.865. The number of ether oxygens (including phenoxy) is 2. The number of carbonyl (C=O) groups excluding carboxylic acids is 1. The lowest BCUT2D eigenvalue weighted by molar-refractivity contribution is -0.142. The maximum absolute atomic E-state index is 12.0. The first-order valence-corrected chi connectivity index (χ1v) is 10.1. The Morgan fingerprint density at radius 3 is 2.71 bits per heavy atom. The van der Waals surface area contributed by atoms with Gasteiger partial charge in [-0.05, 0) is 37.1 Å². The normalized spacial score (nSPS) is 12.0. The van der Waals surface area contributed by atoms with Crippen molar-refractivity contribution in [3.8, 4) is 5.75 Å². The van der Waals surface area contributed by atoms with Crippen LogP contribution in [0.3, 0.4) is 0 Å². The molecular weight excluding hydrogens is 398 g/mol. The molecule has 6 nitrogen and oxygen atoms in total. The fourth-order valence-corrected chi connectivity index (χ4v) is 4.03. The molecular formula is C20H22ClN3O3S. The van der Waals surface area contributed by atoms with Gasteiger partial charge in [-0.2, -0.15) is 0 Å². The van der Waals surface area contributed by atoms with Crippen molar-refractivity contribution in [1.29, 1.82) is 0 Å². The molecule has 0 aliphatic rings. The van der Waals surface area contributed by atoms with E-state index in [1.807, 2.05) is 18.2 Å². The number of hydrogen-bond acceptors (Lipinski definition) is 7. The third-order valence-electron chi connectivity index (χ3n) is 4.43. The minimum absolute atomic E-state index is 0.362. The van der Waals surface area contributed by atoms with Crippen LogP contribution in [-0.2, 0) is 22.5 Å².